The summed E-state index contributed by atoms with van der Waals surface area (Å²) < 4.78 is 42.1. The lowest BCUT2D eigenvalue weighted by molar-refractivity contribution is -0.136. The number of rotatable bonds is 3. The molecule has 0 atom stereocenters. The number of halogens is 3. The van der Waals surface area contributed by atoms with Crippen molar-refractivity contribution in [3.63, 3.8) is 0 Å². The van der Waals surface area contributed by atoms with Crippen molar-refractivity contribution >= 4 is 10.9 Å². The van der Waals surface area contributed by atoms with E-state index in [-0.39, 0.29) is 33.7 Å². The predicted octanol–water partition coefficient (Wildman–Crippen LogP) is 5.57. The van der Waals surface area contributed by atoms with Crippen LogP contribution in [0.25, 0.3) is 22.2 Å². The zero-order valence-electron chi connectivity index (χ0n) is 15.3. The van der Waals surface area contributed by atoms with Gasteiger partial charge in [-0.25, -0.2) is 0 Å². The van der Waals surface area contributed by atoms with E-state index in [9.17, 15) is 23.4 Å². The molecule has 0 radical (unpaired) electrons. The van der Waals surface area contributed by atoms with Crippen molar-refractivity contribution in [3.05, 3.63) is 42.0 Å². The Balaban J connectivity index is 2.27. The van der Waals surface area contributed by atoms with Gasteiger partial charge in [0.15, 0.2) is 0 Å². The molecule has 0 aliphatic carbocycles. The third-order valence-electron chi connectivity index (χ3n) is 4.39. The molecule has 0 saturated carbocycles. The molecule has 4 nitrogen and oxygen atoms in total. The second kappa shape index (κ2) is 6.48. The molecule has 0 aliphatic rings. The summed E-state index contributed by atoms with van der Waals surface area (Å²) in [7, 11) is 0. The van der Waals surface area contributed by atoms with Gasteiger partial charge in [0.1, 0.15) is 17.2 Å². The van der Waals surface area contributed by atoms with Gasteiger partial charge in [0.25, 0.3) is 0 Å². The maximum Gasteiger partial charge on any atom is 0.418 e. The second-order valence-electron chi connectivity index (χ2n) is 7.78. The van der Waals surface area contributed by atoms with Gasteiger partial charge in [-0.2, -0.15) is 18.3 Å². The minimum absolute atomic E-state index is 0.00303. The lowest BCUT2D eigenvalue weighted by atomic mass is 9.92. The van der Waals surface area contributed by atoms with Gasteiger partial charge in [0.2, 0.25) is 0 Å². The number of phenolic OH excluding ortho intramolecular Hbond substituents is 2. The number of benzene rings is 2. The summed E-state index contributed by atoms with van der Waals surface area (Å²) in [5.41, 5.74) is -0.316. The van der Waals surface area contributed by atoms with E-state index in [1.54, 1.807) is 6.07 Å². The molecule has 0 fully saturated rings. The van der Waals surface area contributed by atoms with Crippen LogP contribution in [0.5, 0.6) is 11.5 Å². The molecule has 1 aromatic heterocycles. The molecule has 0 amide bonds. The van der Waals surface area contributed by atoms with Gasteiger partial charge in [-0.3, -0.25) is 4.68 Å². The van der Waals surface area contributed by atoms with E-state index in [4.69, 9.17) is 0 Å². The first-order valence-corrected chi connectivity index (χ1v) is 8.56. The first-order chi connectivity index (χ1) is 12.5. The standard InChI is InChI=1S/C20H21F3N2O2/c1-19(2,3)9-10-25-18-14(5-4-6-15(18)20(21,22)23)17(24-25)13-8-7-12(26)11-16(13)27/h4-8,11,26-27H,9-10H2,1-3H3. The highest BCUT2D eigenvalue weighted by Gasteiger charge is 2.35. The van der Waals surface area contributed by atoms with Crippen molar-refractivity contribution < 1.29 is 23.4 Å². The Morgan fingerprint density at radius 3 is 2.33 bits per heavy atom. The van der Waals surface area contributed by atoms with Gasteiger partial charge in [-0.15, -0.1) is 0 Å². The predicted molar refractivity (Wildman–Crippen MR) is 97.6 cm³/mol. The first kappa shape index (κ1) is 19.1. The Kier molecular flexibility index (Phi) is 4.57. The largest absolute Gasteiger partial charge is 0.508 e. The van der Waals surface area contributed by atoms with E-state index >= 15 is 0 Å². The lowest BCUT2D eigenvalue weighted by Crippen LogP contribution is -2.13. The van der Waals surface area contributed by atoms with Crippen LogP contribution in [0.2, 0.25) is 0 Å². The Hall–Kier alpha value is -2.70. The number of phenols is 2. The smallest absolute Gasteiger partial charge is 0.418 e. The summed E-state index contributed by atoms with van der Waals surface area (Å²) in [4.78, 5) is 0. The maximum atomic E-state index is 13.6. The van der Waals surface area contributed by atoms with E-state index in [2.05, 4.69) is 5.10 Å². The second-order valence-corrected chi connectivity index (χ2v) is 7.78. The summed E-state index contributed by atoms with van der Waals surface area (Å²) in [6.07, 6.45) is -3.88. The Bertz CT molecular complexity index is 985. The van der Waals surface area contributed by atoms with Crippen LogP contribution in [0.1, 0.15) is 32.8 Å². The number of alkyl halides is 3. The van der Waals surface area contributed by atoms with Crippen LogP contribution in [0.4, 0.5) is 13.2 Å². The number of aryl methyl sites for hydroxylation is 1. The van der Waals surface area contributed by atoms with E-state index in [1.807, 2.05) is 20.8 Å². The fourth-order valence-electron chi connectivity index (χ4n) is 2.99. The molecule has 7 heteroatoms. The Morgan fingerprint density at radius 1 is 1.04 bits per heavy atom. The molecule has 3 aromatic rings. The number of aromatic nitrogens is 2. The number of nitrogens with zero attached hydrogens (tertiary/aromatic N) is 2. The molecule has 27 heavy (non-hydrogen) atoms. The van der Waals surface area contributed by atoms with Crippen LogP contribution in [0, 0.1) is 5.41 Å². The molecule has 2 aromatic carbocycles. The molecule has 1 heterocycles. The van der Waals surface area contributed by atoms with Crippen molar-refractivity contribution in [3.8, 4) is 22.8 Å². The summed E-state index contributed by atoms with van der Waals surface area (Å²) >= 11 is 0. The number of hydrogen-bond donors (Lipinski definition) is 2. The topological polar surface area (TPSA) is 58.3 Å². The van der Waals surface area contributed by atoms with Gasteiger partial charge in [-0.05, 0) is 30.0 Å². The van der Waals surface area contributed by atoms with Crippen molar-refractivity contribution in [1.82, 2.24) is 9.78 Å². The summed E-state index contributed by atoms with van der Waals surface area (Å²) in [6, 6.07) is 7.89. The van der Waals surface area contributed by atoms with Gasteiger partial charge in [0.05, 0.1) is 11.1 Å². The van der Waals surface area contributed by atoms with Crippen molar-refractivity contribution in [1.29, 1.82) is 0 Å². The molecular formula is C20H21F3N2O2. The Morgan fingerprint density at radius 2 is 1.74 bits per heavy atom. The van der Waals surface area contributed by atoms with Gasteiger partial charge in [0, 0.05) is 23.6 Å². The SMILES string of the molecule is CC(C)(C)CCn1nc(-c2ccc(O)cc2O)c2cccc(C(F)(F)F)c21. The van der Waals surface area contributed by atoms with E-state index < -0.39 is 11.7 Å². The van der Waals surface area contributed by atoms with E-state index in [0.29, 0.717) is 18.4 Å². The van der Waals surface area contributed by atoms with Crippen molar-refractivity contribution in [2.75, 3.05) is 0 Å². The van der Waals surface area contributed by atoms with Crippen molar-refractivity contribution in [2.45, 2.75) is 39.9 Å². The summed E-state index contributed by atoms with van der Waals surface area (Å²) in [6.45, 7) is 6.34. The number of para-hydroxylation sites is 1. The molecule has 2 N–H and O–H groups in total. The van der Waals surface area contributed by atoms with E-state index in [0.717, 1.165) is 12.1 Å². The van der Waals surface area contributed by atoms with Crippen LogP contribution in [0.3, 0.4) is 0 Å². The highest BCUT2D eigenvalue weighted by atomic mass is 19.4. The van der Waals surface area contributed by atoms with Gasteiger partial charge >= 0.3 is 6.18 Å². The average molecular weight is 378 g/mol. The van der Waals surface area contributed by atoms with Crippen LogP contribution in [-0.4, -0.2) is 20.0 Å². The van der Waals surface area contributed by atoms with Gasteiger partial charge in [-0.1, -0.05) is 32.9 Å². The summed E-state index contributed by atoms with van der Waals surface area (Å²) in [5, 5.41) is 24.4. The van der Waals surface area contributed by atoms with Crippen LogP contribution in [0.15, 0.2) is 36.4 Å². The zero-order valence-corrected chi connectivity index (χ0v) is 15.3. The molecule has 0 aliphatic heterocycles. The van der Waals surface area contributed by atoms with Crippen LogP contribution < -0.4 is 0 Å². The molecule has 144 valence electrons. The molecule has 0 unspecified atom stereocenters. The maximum absolute atomic E-state index is 13.6. The molecule has 0 bridgehead atoms. The third-order valence-corrected chi connectivity index (χ3v) is 4.39. The van der Waals surface area contributed by atoms with Gasteiger partial charge < -0.3 is 10.2 Å². The van der Waals surface area contributed by atoms with Crippen LogP contribution in [-0.2, 0) is 12.7 Å². The number of fused-ring (bicyclic) bond motifs is 1. The molecule has 0 saturated heterocycles. The zero-order chi connectivity index (χ0) is 20.0. The molecule has 0 spiro atoms. The van der Waals surface area contributed by atoms with Crippen LogP contribution >= 0.6 is 0 Å². The Labute approximate surface area is 154 Å². The molecular weight excluding hydrogens is 357 g/mol. The molecule has 3 rings (SSSR count). The highest BCUT2D eigenvalue weighted by Crippen LogP contribution is 2.41. The summed E-state index contributed by atoms with van der Waals surface area (Å²) in [5.74, 6) is -0.376. The minimum Gasteiger partial charge on any atom is -0.508 e. The highest BCUT2D eigenvalue weighted by molar-refractivity contribution is 5.96. The normalized spacial score (nSPS) is 12.7. The minimum atomic E-state index is -4.52. The average Bonchev–Trinajstić information content (AvgIpc) is 2.90. The van der Waals surface area contributed by atoms with E-state index in [1.165, 1.54) is 22.9 Å². The fourth-order valence-corrected chi connectivity index (χ4v) is 2.99. The number of hydrogen-bond acceptors (Lipinski definition) is 3. The third kappa shape index (κ3) is 3.86. The number of aromatic hydroxyl groups is 2. The first-order valence-electron chi connectivity index (χ1n) is 8.56. The monoisotopic (exact) mass is 378 g/mol. The fraction of sp³-hybridized carbons (Fsp3) is 0.350. The van der Waals surface area contributed by atoms with Crippen molar-refractivity contribution in [2.24, 2.45) is 5.41 Å². The quantitative estimate of drug-likeness (QED) is 0.626. The lowest BCUT2D eigenvalue weighted by Gasteiger charge is -2.18.